The fraction of sp³-hybridized carbons (Fsp3) is 0.273. The Labute approximate surface area is 83.4 Å². The van der Waals surface area contributed by atoms with Crippen LogP contribution in [0.25, 0.3) is 0 Å². The molecule has 3 heteroatoms. The number of hydrogen-bond donors (Lipinski definition) is 1. The highest BCUT2D eigenvalue weighted by Gasteiger charge is 2.00. The van der Waals surface area contributed by atoms with Crippen LogP contribution in [0.5, 0.6) is 0 Å². The fourth-order valence-electron chi connectivity index (χ4n) is 1.15. The number of carbonyl (C=O) groups is 1. The quantitative estimate of drug-likeness (QED) is 0.789. The van der Waals surface area contributed by atoms with Crippen LogP contribution in [0.2, 0.25) is 0 Å². The third-order valence-corrected chi connectivity index (χ3v) is 1.86. The van der Waals surface area contributed by atoms with Gasteiger partial charge in [-0.3, -0.25) is 4.79 Å². The van der Waals surface area contributed by atoms with E-state index in [1.165, 1.54) is 5.56 Å². The number of benzene rings is 1. The highest BCUT2D eigenvalue weighted by atomic mass is 16.1. The SMILES string of the molecule is CCc1cccc(NC(=O)CC#N)c1. The number of nitrogens with zero attached hydrogens (tertiary/aromatic N) is 1. The molecule has 0 saturated carbocycles. The molecule has 0 unspecified atom stereocenters. The lowest BCUT2D eigenvalue weighted by atomic mass is 10.1. The van der Waals surface area contributed by atoms with Crippen molar-refractivity contribution in [2.24, 2.45) is 0 Å². The zero-order valence-electron chi connectivity index (χ0n) is 8.08. The van der Waals surface area contributed by atoms with Crippen LogP contribution in [0.3, 0.4) is 0 Å². The van der Waals surface area contributed by atoms with Crippen molar-refractivity contribution in [1.82, 2.24) is 0 Å². The first-order valence-electron chi connectivity index (χ1n) is 4.52. The van der Waals surface area contributed by atoms with Gasteiger partial charge in [0.25, 0.3) is 0 Å². The molecule has 0 atom stereocenters. The Bertz CT molecular complexity index is 366. The molecular formula is C11H12N2O. The molecule has 0 radical (unpaired) electrons. The summed E-state index contributed by atoms with van der Waals surface area (Å²) in [7, 11) is 0. The standard InChI is InChI=1S/C11H12N2O/c1-2-9-4-3-5-10(8-9)13-11(14)6-7-12/h3-5,8H,2,6H2,1H3,(H,13,14). The normalized spacial score (nSPS) is 9.14. The fourth-order valence-corrected chi connectivity index (χ4v) is 1.15. The van der Waals surface area contributed by atoms with Crippen molar-refractivity contribution in [2.45, 2.75) is 19.8 Å². The topological polar surface area (TPSA) is 52.9 Å². The lowest BCUT2D eigenvalue weighted by Crippen LogP contribution is -2.10. The molecule has 1 rings (SSSR count). The van der Waals surface area contributed by atoms with Gasteiger partial charge in [-0.2, -0.15) is 5.26 Å². The van der Waals surface area contributed by atoms with Gasteiger partial charge < -0.3 is 5.32 Å². The number of carbonyl (C=O) groups excluding carboxylic acids is 1. The van der Waals surface area contributed by atoms with Crippen molar-refractivity contribution in [2.75, 3.05) is 5.32 Å². The van der Waals surface area contributed by atoms with E-state index in [0.29, 0.717) is 0 Å². The van der Waals surface area contributed by atoms with Gasteiger partial charge in [0.05, 0.1) is 6.07 Å². The first kappa shape index (κ1) is 10.3. The van der Waals surface area contributed by atoms with Gasteiger partial charge in [0.2, 0.25) is 5.91 Å². The summed E-state index contributed by atoms with van der Waals surface area (Å²) < 4.78 is 0. The van der Waals surface area contributed by atoms with E-state index < -0.39 is 0 Å². The molecule has 1 aromatic carbocycles. The summed E-state index contributed by atoms with van der Waals surface area (Å²) in [6.45, 7) is 2.05. The molecule has 0 heterocycles. The minimum Gasteiger partial charge on any atom is -0.325 e. The average Bonchev–Trinajstić information content (AvgIpc) is 2.18. The molecule has 14 heavy (non-hydrogen) atoms. The number of nitrogens with one attached hydrogen (secondary N) is 1. The summed E-state index contributed by atoms with van der Waals surface area (Å²) in [6.07, 6.45) is 0.832. The Balaban J connectivity index is 2.68. The Morgan fingerprint density at radius 3 is 3.00 bits per heavy atom. The van der Waals surface area contributed by atoms with E-state index in [9.17, 15) is 4.79 Å². The van der Waals surface area contributed by atoms with Gasteiger partial charge in [-0.25, -0.2) is 0 Å². The molecular weight excluding hydrogens is 176 g/mol. The van der Waals surface area contributed by atoms with Crippen molar-refractivity contribution in [1.29, 1.82) is 5.26 Å². The van der Waals surface area contributed by atoms with Gasteiger partial charge >= 0.3 is 0 Å². The molecule has 0 bridgehead atoms. The number of nitriles is 1. The average molecular weight is 188 g/mol. The second-order valence-corrected chi connectivity index (χ2v) is 2.94. The summed E-state index contributed by atoms with van der Waals surface area (Å²) in [6, 6.07) is 9.42. The molecule has 3 nitrogen and oxygen atoms in total. The second kappa shape index (κ2) is 5.03. The molecule has 0 fully saturated rings. The molecule has 0 saturated heterocycles. The molecule has 0 spiro atoms. The molecule has 0 aliphatic heterocycles. The van der Waals surface area contributed by atoms with Gasteiger partial charge in [0.1, 0.15) is 6.42 Å². The highest BCUT2D eigenvalue weighted by molar-refractivity contribution is 5.92. The first-order chi connectivity index (χ1) is 6.76. The summed E-state index contributed by atoms with van der Waals surface area (Å²) in [5.74, 6) is -0.263. The third kappa shape index (κ3) is 2.91. The van der Waals surface area contributed by atoms with Gasteiger partial charge in [-0.05, 0) is 24.1 Å². The van der Waals surface area contributed by atoms with Crippen LogP contribution in [-0.2, 0) is 11.2 Å². The van der Waals surface area contributed by atoms with E-state index in [4.69, 9.17) is 5.26 Å². The number of rotatable bonds is 3. The lowest BCUT2D eigenvalue weighted by Gasteiger charge is -2.04. The first-order valence-corrected chi connectivity index (χ1v) is 4.52. The van der Waals surface area contributed by atoms with Crippen LogP contribution < -0.4 is 5.32 Å². The lowest BCUT2D eigenvalue weighted by molar-refractivity contribution is -0.115. The van der Waals surface area contributed by atoms with Gasteiger partial charge in [-0.15, -0.1) is 0 Å². The molecule has 0 aromatic heterocycles. The van der Waals surface area contributed by atoms with Crippen LogP contribution in [0.15, 0.2) is 24.3 Å². The van der Waals surface area contributed by atoms with Crippen LogP contribution in [-0.4, -0.2) is 5.91 Å². The molecule has 1 aromatic rings. The molecule has 0 aliphatic rings. The van der Waals surface area contributed by atoms with Crippen LogP contribution in [0, 0.1) is 11.3 Å². The van der Waals surface area contributed by atoms with Gasteiger partial charge in [0, 0.05) is 5.69 Å². The predicted octanol–water partition coefficient (Wildman–Crippen LogP) is 2.10. The zero-order valence-corrected chi connectivity index (χ0v) is 8.08. The smallest absolute Gasteiger partial charge is 0.238 e. The predicted molar refractivity (Wildman–Crippen MR) is 54.7 cm³/mol. The van der Waals surface area contributed by atoms with E-state index in [1.807, 2.05) is 24.3 Å². The van der Waals surface area contributed by atoms with Gasteiger partial charge in [-0.1, -0.05) is 19.1 Å². The Hall–Kier alpha value is -1.82. The maximum absolute atomic E-state index is 11.1. The maximum Gasteiger partial charge on any atom is 0.238 e. The number of hydrogen-bond acceptors (Lipinski definition) is 2. The minimum atomic E-state index is -0.263. The maximum atomic E-state index is 11.1. The third-order valence-electron chi connectivity index (χ3n) is 1.86. The number of amides is 1. The van der Waals surface area contributed by atoms with Crippen LogP contribution in [0.1, 0.15) is 18.9 Å². The Morgan fingerprint density at radius 1 is 1.57 bits per heavy atom. The molecule has 1 N–H and O–H groups in total. The van der Waals surface area contributed by atoms with E-state index in [2.05, 4.69) is 12.2 Å². The number of aryl methyl sites for hydroxylation is 1. The van der Waals surface area contributed by atoms with Crippen molar-refractivity contribution < 1.29 is 4.79 Å². The van der Waals surface area contributed by atoms with Crippen molar-refractivity contribution in [3.8, 4) is 6.07 Å². The number of anilines is 1. The van der Waals surface area contributed by atoms with E-state index in [0.717, 1.165) is 12.1 Å². The largest absolute Gasteiger partial charge is 0.325 e. The summed E-state index contributed by atoms with van der Waals surface area (Å²) >= 11 is 0. The van der Waals surface area contributed by atoms with Crippen molar-refractivity contribution in [3.63, 3.8) is 0 Å². The van der Waals surface area contributed by atoms with E-state index in [-0.39, 0.29) is 12.3 Å². The summed E-state index contributed by atoms with van der Waals surface area (Å²) in [4.78, 5) is 11.1. The minimum absolute atomic E-state index is 0.101. The molecule has 1 amide bonds. The zero-order chi connectivity index (χ0) is 10.4. The summed E-state index contributed by atoms with van der Waals surface area (Å²) in [5.41, 5.74) is 1.92. The van der Waals surface area contributed by atoms with Crippen LogP contribution in [0.4, 0.5) is 5.69 Å². The molecule has 0 aliphatic carbocycles. The van der Waals surface area contributed by atoms with E-state index >= 15 is 0 Å². The molecule has 72 valence electrons. The highest BCUT2D eigenvalue weighted by Crippen LogP contribution is 2.11. The Kier molecular flexibility index (Phi) is 3.69. The van der Waals surface area contributed by atoms with E-state index in [1.54, 1.807) is 6.07 Å². The van der Waals surface area contributed by atoms with Gasteiger partial charge in [0.15, 0.2) is 0 Å². The van der Waals surface area contributed by atoms with Crippen molar-refractivity contribution >= 4 is 11.6 Å². The second-order valence-electron chi connectivity index (χ2n) is 2.94. The summed E-state index contributed by atoms with van der Waals surface area (Å²) in [5, 5.41) is 11.0. The van der Waals surface area contributed by atoms with Crippen LogP contribution >= 0.6 is 0 Å². The van der Waals surface area contributed by atoms with Crippen molar-refractivity contribution in [3.05, 3.63) is 29.8 Å². The monoisotopic (exact) mass is 188 g/mol. The Morgan fingerprint density at radius 2 is 2.36 bits per heavy atom.